The van der Waals surface area contributed by atoms with Crippen LogP contribution >= 0.6 is 0 Å². The van der Waals surface area contributed by atoms with Gasteiger partial charge in [-0.1, -0.05) is 17.7 Å². The summed E-state index contributed by atoms with van der Waals surface area (Å²) in [6.45, 7) is 7.24. The van der Waals surface area contributed by atoms with Crippen molar-refractivity contribution < 1.29 is 19.1 Å². The molecule has 6 nitrogen and oxygen atoms in total. The van der Waals surface area contributed by atoms with Crippen LogP contribution in [-0.2, 0) is 19.1 Å². The topological polar surface area (TPSA) is 66.9 Å². The van der Waals surface area contributed by atoms with Gasteiger partial charge in [-0.2, -0.15) is 0 Å². The predicted molar refractivity (Wildman–Crippen MR) is 97.7 cm³/mol. The van der Waals surface area contributed by atoms with E-state index >= 15 is 0 Å². The lowest BCUT2D eigenvalue weighted by molar-refractivity contribution is -0.150. The average Bonchev–Trinajstić information content (AvgIpc) is 2.90. The van der Waals surface area contributed by atoms with E-state index in [9.17, 15) is 14.4 Å². The third kappa shape index (κ3) is 3.51. The number of carbonyl (C=O) groups excluding carboxylic acids is 3. The number of ether oxygens (including phenoxy) is 1. The van der Waals surface area contributed by atoms with Crippen molar-refractivity contribution in [2.75, 3.05) is 24.6 Å². The summed E-state index contributed by atoms with van der Waals surface area (Å²) in [6.07, 6.45) is 1.76. The van der Waals surface area contributed by atoms with Crippen molar-refractivity contribution in [3.63, 3.8) is 0 Å². The number of likely N-dealkylation sites (tertiary alicyclic amines) is 1. The Kier molecular flexibility index (Phi) is 5.41. The monoisotopic (exact) mass is 358 g/mol. The van der Waals surface area contributed by atoms with E-state index in [-0.39, 0.29) is 30.1 Å². The van der Waals surface area contributed by atoms with Crippen molar-refractivity contribution >= 4 is 23.5 Å². The minimum Gasteiger partial charge on any atom is -0.466 e. The van der Waals surface area contributed by atoms with Gasteiger partial charge in [0.2, 0.25) is 5.91 Å². The molecule has 140 valence electrons. The molecule has 2 saturated heterocycles. The van der Waals surface area contributed by atoms with Crippen LogP contribution in [0, 0.1) is 19.8 Å². The van der Waals surface area contributed by atoms with Crippen molar-refractivity contribution in [1.29, 1.82) is 0 Å². The first-order valence-electron chi connectivity index (χ1n) is 9.27. The minimum atomic E-state index is -0.486. The molecule has 0 radical (unpaired) electrons. The van der Waals surface area contributed by atoms with Gasteiger partial charge in [0.05, 0.1) is 30.7 Å². The van der Waals surface area contributed by atoms with E-state index in [1.165, 1.54) is 4.90 Å². The summed E-state index contributed by atoms with van der Waals surface area (Å²) in [5, 5.41) is 0. The molecule has 0 saturated carbocycles. The van der Waals surface area contributed by atoms with Gasteiger partial charge in [0.1, 0.15) is 0 Å². The van der Waals surface area contributed by atoms with Crippen molar-refractivity contribution in [1.82, 2.24) is 4.90 Å². The fourth-order valence-corrected chi connectivity index (χ4v) is 3.95. The molecule has 6 heteroatoms. The number of hydrogen-bond donors (Lipinski definition) is 0. The lowest BCUT2D eigenvalue weighted by Crippen LogP contribution is -2.48. The largest absolute Gasteiger partial charge is 0.466 e. The summed E-state index contributed by atoms with van der Waals surface area (Å²) in [5.41, 5.74) is 2.66. The average molecular weight is 358 g/mol. The highest BCUT2D eigenvalue weighted by Gasteiger charge is 2.44. The maximum atomic E-state index is 13.0. The molecular weight excluding hydrogens is 332 g/mol. The highest BCUT2D eigenvalue weighted by Crippen LogP contribution is 2.31. The van der Waals surface area contributed by atoms with Crippen LogP contribution in [0.3, 0.4) is 0 Å². The third-order valence-electron chi connectivity index (χ3n) is 5.23. The zero-order valence-corrected chi connectivity index (χ0v) is 15.7. The molecule has 2 heterocycles. The molecule has 2 fully saturated rings. The van der Waals surface area contributed by atoms with Crippen molar-refractivity contribution in [2.24, 2.45) is 5.92 Å². The molecule has 1 aromatic carbocycles. The lowest BCUT2D eigenvalue weighted by atomic mass is 9.96. The number of nitrogens with zero attached hydrogens (tertiary/aromatic N) is 2. The van der Waals surface area contributed by atoms with Gasteiger partial charge in [0, 0.05) is 6.54 Å². The molecule has 0 spiro atoms. The molecule has 2 aliphatic heterocycles. The minimum absolute atomic E-state index is 0.168. The highest BCUT2D eigenvalue weighted by atomic mass is 16.5. The van der Waals surface area contributed by atoms with Crippen molar-refractivity contribution in [2.45, 2.75) is 46.1 Å². The number of rotatable bonds is 4. The van der Waals surface area contributed by atoms with Crippen LogP contribution in [0.5, 0.6) is 0 Å². The Hall–Kier alpha value is -2.21. The van der Waals surface area contributed by atoms with Gasteiger partial charge in [-0.3, -0.25) is 19.3 Å². The van der Waals surface area contributed by atoms with Gasteiger partial charge < -0.3 is 4.74 Å². The molecule has 0 unspecified atom stereocenters. The van der Waals surface area contributed by atoms with Crippen LogP contribution < -0.4 is 4.90 Å². The van der Waals surface area contributed by atoms with Crippen molar-refractivity contribution in [3.8, 4) is 0 Å². The standard InChI is InChI=1S/C20H26N2O4/c1-4-26-20(25)15-6-5-9-21(12-15)17-11-18(23)22(19(17)24)16-8-7-13(2)10-14(16)3/h7-8,10,15,17H,4-6,9,11-12H2,1-3H3/t15-,17+/m1/s1. The Bertz CT molecular complexity index is 731. The van der Waals surface area contributed by atoms with E-state index in [0.717, 1.165) is 30.5 Å². The normalized spacial score (nSPS) is 24.2. The van der Waals surface area contributed by atoms with E-state index < -0.39 is 6.04 Å². The van der Waals surface area contributed by atoms with E-state index in [0.29, 0.717) is 18.8 Å². The summed E-state index contributed by atoms with van der Waals surface area (Å²) in [6, 6.07) is 5.23. The quantitative estimate of drug-likeness (QED) is 0.610. The number of aryl methyl sites for hydroxylation is 2. The summed E-state index contributed by atoms with van der Waals surface area (Å²) in [5.74, 6) is -0.793. The van der Waals surface area contributed by atoms with E-state index in [1.807, 2.05) is 36.9 Å². The predicted octanol–water partition coefficient (Wildman–Crippen LogP) is 2.21. The molecule has 0 N–H and O–H groups in total. The summed E-state index contributed by atoms with van der Waals surface area (Å²) >= 11 is 0. The number of amides is 2. The number of carbonyl (C=O) groups is 3. The zero-order valence-electron chi connectivity index (χ0n) is 15.7. The number of hydrogen-bond acceptors (Lipinski definition) is 5. The SMILES string of the molecule is CCOC(=O)[C@@H]1CCCN([C@H]2CC(=O)N(c3ccc(C)cc3C)C2=O)C1. The van der Waals surface area contributed by atoms with E-state index in [1.54, 1.807) is 6.92 Å². The molecule has 0 bridgehead atoms. The van der Waals surface area contributed by atoms with Gasteiger partial charge in [-0.25, -0.2) is 4.90 Å². The number of anilines is 1. The van der Waals surface area contributed by atoms with Crippen LogP contribution in [0.2, 0.25) is 0 Å². The van der Waals surface area contributed by atoms with Crippen LogP contribution in [0.15, 0.2) is 18.2 Å². The third-order valence-corrected chi connectivity index (χ3v) is 5.23. The number of piperidine rings is 1. The molecule has 26 heavy (non-hydrogen) atoms. The smallest absolute Gasteiger partial charge is 0.310 e. The van der Waals surface area contributed by atoms with Crippen LogP contribution in [-0.4, -0.2) is 48.4 Å². The Morgan fingerprint density at radius 2 is 2.04 bits per heavy atom. The first kappa shape index (κ1) is 18.6. The number of imide groups is 1. The maximum absolute atomic E-state index is 13.0. The number of benzene rings is 1. The molecule has 3 rings (SSSR count). The summed E-state index contributed by atoms with van der Waals surface area (Å²) in [4.78, 5) is 40.9. The van der Waals surface area contributed by atoms with Gasteiger partial charge in [0.25, 0.3) is 5.91 Å². The fourth-order valence-electron chi connectivity index (χ4n) is 3.95. The molecule has 2 aliphatic rings. The number of esters is 1. The molecule has 2 atom stereocenters. The lowest BCUT2D eigenvalue weighted by Gasteiger charge is -2.34. The Balaban J connectivity index is 1.77. The van der Waals surface area contributed by atoms with Crippen molar-refractivity contribution in [3.05, 3.63) is 29.3 Å². The fraction of sp³-hybridized carbons (Fsp3) is 0.550. The Morgan fingerprint density at radius 3 is 2.73 bits per heavy atom. The first-order chi connectivity index (χ1) is 12.4. The van der Waals surface area contributed by atoms with Crippen LogP contribution in [0.1, 0.15) is 37.3 Å². The second-order valence-corrected chi connectivity index (χ2v) is 7.16. The molecule has 0 aliphatic carbocycles. The van der Waals surface area contributed by atoms with Crippen LogP contribution in [0.25, 0.3) is 0 Å². The second kappa shape index (κ2) is 7.58. The molecule has 1 aromatic rings. The maximum Gasteiger partial charge on any atom is 0.310 e. The van der Waals surface area contributed by atoms with E-state index in [4.69, 9.17) is 4.74 Å². The zero-order chi connectivity index (χ0) is 18.8. The van der Waals surface area contributed by atoms with Gasteiger partial charge >= 0.3 is 5.97 Å². The first-order valence-corrected chi connectivity index (χ1v) is 9.27. The van der Waals surface area contributed by atoms with Crippen LogP contribution in [0.4, 0.5) is 5.69 Å². The van der Waals surface area contributed by atoms with Gasteiger partial charge in [-0.05, 0) is 51.8 Å². The van der Waals surface area contributed by atoms with E-state index in [2.05, 4.69) is 0 Å². The molecule has 0 aromatic heterocycles. The van der Waals surface area contributed by atoms with Gasteiger partial charge in [0.15, 0.2) is 0 Å². The summed E-state index contributed by atoms with van der Waals surface area (Å²) in [7, 11) is 0. The Morgan fingerprint density at radius 1 is 1.27 bits per heavy atom. The summed E-state index contributed by atoms with van der Waals surface area (Å²) < 4.78 is 5.13. The Labute approximate surface area is 154 Å². The van der Waals surface area contributed by atoms with Gasteiger partial charge in [-0.15, -0.1) is 0 Å². The second-order valence-electron chi connectivity index (χ2n) is 7.16. The molecule has 2 amide bonds. The molecular formula is C20H26N2O4. The highest BCUT2D eigenvalue weighted by molar-refractivity contribution is 6.22.